The summed E-state index contributed by atoms with van der Waals surface area (Å²) in [6.45, 7) is 1.88. The average Bonchev–Trinajstić information content (AvgIpc) is 3.13. The fraction of sp³-hybridized carbons (Fsp3) is 0.0870. The van der Waals surface area contributed by atoms with Gasteiger partial charge in [0.1, 0.15) is 5.69 Å². The zero-order valence-corrected chi connectivity index (χ0v) is 18.7. The van der Waals surface area contributed by atoms with Gasteiger partial charge in [-0.3, -0.25) is 0 Å². The third-order valence-electron chi connectivity index (χ3n) is 4.94. The first-order chi connectivity index (χ1) is 14.8. The number of carboxylic acid groups (broad SMARTS) is 1. The molecule has 158 valence electrons. The van der Waals surface area contributed by atoms with E-state index in [2.05, 4.69) is 9.71 Å². The van der Waals surface area contributed by atoms with E-state index in [0.29, 0.717) is 37.0 Å². The van der Waals surface area contributed by atoms with E-state index in [1.165, 1.54) is 0 Å². The van der Waals surface area contributed by atoms with Crippen LogP contribution in [0.25, 0.3) is 22.0 Å². The van der Waals surface area contributed by atoms with Gasteiger partial charge in [-0.25, -0.2) is 4.79 Å². The Hall–Kier alpha value is -2.48. The lowest BCUT2D eigenvalue weighted by atomic mass is 9.99. The number of carbonyl (C=O) groups is 1. The Balaban J connectivity index is 1.81. The van der Waals surface area contributed by atoms with E-state index in [4.69, 9.17) is 23.2 Å². The van der Waals surface area contributed by atoms with Gasteiger partial charge in [-0.2, -0.15) is 0 Å². The van der Waals surface area contributed by atoms with Crippen molar-refractivity contribution in [3.05, 3.63) is 88.0 Å². The van der Waals surface area contributed by atoms with Gasteiger partial charge in [0, 0.05) is 21.0 Å². The first-order valence-corrected chi connectivity index (χ1v) is 11.3. The monoisotopic (exact) mass is 472 g/mol. The molecule has 0 spiro atoms. The van der Waals surface area contributed by atoms with E-state index in [1.54, 1.807) is 30.3 Å². The van der Waals surface area contributed by atoms with Gasteiger partial charge in [-0.1, -0.05) is 59.6 Å². The standard InChI is InChI=1S/C23H18Cl2N2O3S/c1-13(27-31(30)17-6-3-2-4-7-17)18-8-5-9-19-20(22(23(28)29)26-21(18)19)14-10-15(24)12-16(25)11-14/h2-13,26-27H,1H3,(H,28,29). The Bertz CT molecular complexity index is 1240. The summed E-state index contributed by atoms with van der Waals surface area (Å²) in [6, 6.07) is 19.3. The van der Waals surface area contributed by atoms with Crippen LogP contribution in [0.3, 0.4) is 0 Å². The molecule has 0 aliphatic rings. The highest BCUT2D eigenvalue weighted by Gasteiger charge is 2.24. The highest BCUT2D eigenvalue weighted by molar-refractivity contribution is 7.89. The molecule has 0 radical (unpaired) electrons. The molecule has 3 aromatic carbocycles. The molecule has 4 rings (SSSR count). The number of halogens is 2. The number of aromatic amines is 1. The predicted molar refractivity (Wildman–Crippen MR) is 125 cm³/mol. The molecule has 0 fully saturated rings. The lowest BCUT2D eigenvalue weighted by Gasteiger charge is -2.17. The van der Waals surface area contributed by atoms with Crippen LogP contribution in [-0.2, 0) is 11.4 Å². The molecule has 0 bridgehead atoms. The Labute approximate surface area is 192 Å². The number of carboxylic acids is 1. The first-order valence-electron chi connectivity index (χ1n) is 9.42. The number of fused-ring (bicyclic) bond motifs is 1. The molecule has 4 aromatic rings. The molecular weight excluding hydrogens is 455 g/mol. The van der Waals surface area contributed by atoms with Crippen LogP contribution in [0.1, 0.15) is 29.0 Å². The minimum Gasteiger partial charge on any atom is -0.593 e. The number of aromatic carboxylic acids is 1. The maximum Gasteiger partial charge on any atom is 0.352 e. The molecule has 3 N–H and O–H groups in total. The molecule has 8 heteroatoms. The van der Waals surface area contributed by atoms with Gasteiger partial charge in [-0.05, 0) is 48.4 Å². The number of H-pyrrole nitrogens is 1. The van der Waals surface area contributed by atoms with Crippen LogP contribution < -0.4 is 4.72 Å². The van der Waals surface area contributed by atoms with Crippen molar-refractivity contribution in [1.29, 1.82) is 0 Å². The number of para-hydroxylation sites is 1. The Morgan fingerprint density at radius 2 is 1.74 bits per heavy atom. The molecule has 2 unspecified atom stereocenters. The predicted octanol–water partition coefficient (Wildman–Crippen LogP) is 6.21. The van der Waals surface area contributed by atoms with E-state index >= 15 is 0 Å². The summed E-state index contributed by atoms with van der Waals surface area (Å²) in [5, 5.41) is 11.4. The van der Waals surface area contributed by atoms with Gasteiger partial charge in [0.15, 0.2) is 4.90 Å². The largest absolute Gasteiger partial charge is 0.593 e. The van der Waals surface area contributed by atoms with Gasteiger partial charge < -0.3 is 14.6 Å². The van der Waals surface area contributed by atoms with Crippen LogP contribution in [0.15, 0.2) is 71.6 Å². The van der Waals surface area contributed by atoms with Gasteiger partial charge in [0.25, 0.3) is 0 Å². The lowest BCUT2D eigenvalue weighted by Crippen LogP contribution is -2.27. The van der Waals surface area contributed by atoms with Crippen LogP contribution in [0, 0.1) is 0 Å². The molecule has 2 atom stereocenters. The second-order valence-corrected chi connectivity index (χ2v) is 9.15. The van der Waals surface area contributed by atoms with Gasteiger partial charge in [0.05, 0.1) is 22.9 Å². The van der Waals surface area contributed by atoms with E-state index in [1.807, 2.05) is 43.3 Å². The van der Waals surface area contributed by atoms with Crippen LogP contribution in [0.5, 0.6) is 0 Å². The van der Waals surface area contributed by atoms with Crippen molar-refractivity contribution in [3.63, 3.8) is 0 Å². The van der Waals surface area contributed by atoms with Crippen molar-refractivity contribution in [1.82, 2.24) is 9.71 Å². The summed E-state index contributed by atoms with van der Waals surface area (Å²) < 4.78 is 15.8. The van der Waals surface area contributed by atoms with Crippen molar-refractivity contribution < 1.29 is 14.5 Å². The Morgan fingerprint density at radius 3 is 2.39 bits per heavy atom. The molecule has 0 amide bonds. The summed E-state index contributed by atoms with van der Waals surface area (Å²) in [4.78, 5) is 15.7. The SMILES string of the molecule is CC(N[S+]([O-])c1ccccc1)c1cccc2c(-c3cc(Cl)cc(Cl)c3)c(C(=O)O)[nH]c12. The number of nitrogens with one attached hydrogen (secondary N) is 2. The maximum atomic E-state index is 12.7. The van der Waals surface area contributed by atoms with Crippen molar-refractivity contribution >= 4 is 51.4 Å². The summed E-state index contributed by atoms with van der Waals surface area (Å²) >= 11 is 10.9. The van der Waals surface area contributed by atoms with Crippen molar-refractivity contribution in [3.8, 4) is 11.1 Å². The molecule has 31 heavy (non-hydrogen) atoms. The highest BCUT2D eigenvalue weighted by Crippen LogP contribution is 2.38. The fourth-order valence-corrected chi connectivity index (χ4v) is 5.11. The van der Waals surface area contributed by atoms with Crippen LogP contribution in [-0.4, -0.2) is 20.6 Å². The number of hydrogen-bond donors (Lipinski definition) is 3. The van der Waals surface area contributed by atoms with Crippen molar-refractivity contribution in [2.45, 2.75) is 17.9 Å². The first kappa shape index (κ1) is 21.7. The second-order valence-electron chi connectivity index (χ2n) is 7.03. The number of benzene rings is 3. The summed E-state index contributed by atoms with van der Waals surface area (Å²) in [5.74, 6) is -1.10. The fourth-order valence-electron chi connectivity index (χ4n) is 3.60. The summed E-state index contributed by atoms with van der Waals surface area (Å²) in [7, 11) is 0. The summed E-state index contributed by atoms with van der Waals surface area (Å²) in [5.41, 5.74) is 2.59. The minimum atomic E-state index is -1.42. The highest BCUT2D eigenvalue weighted by atomic mass is 35.5. The van der Waals surface area contributed by atoms with E-state index < -0.39 is 17.3 Å². The maximum absolute atomic E-state index is 12.7. The molecule has 0 saturated carbocycles. The Morgan fingerprint density at radius 1 is 1.06 bits per heavy atom. The molecular formula is C23H18Cl2N2O3S. The minimum absolute atomic E-state index is 0.0390. The molecule has 0 aliphatic carbocycles. The number of aromatic nitrogens is 1. The zero-order valence-electron chi connectivity index (χ0n) is 16.4. The van der Waals surface area contributed by atoms with Crippen LogP contribution in [0.4, 0.5) is 0 Å². The lowest BCUT2D eigenvalue weighted by molar-refractivity contribution is 0.0692. The quantitative estimate of drug-likeness (QED) is 0.291. The second kappa shape index (κ2) is 8.94. The molecule has 0 aliphatic heterocycles. The number of rotatable bonds is 6. The van der Waals surface area contributed by atoms with Crippen LogP contribution >= 0.6 is 23.2 Å². The third kappa shape index (κ3) is 4.44. The zero-order chi connectivity index (χ0) is 22.1. The average molecular weight is 473 g/mol. The van der Waals surface area contributed by atoms with Crippen molar-refractivity contribution in [2.75, 3.05) is 0 Å². The van der Waals surface area contributed by atoms with E-state index in [-0.39, 0.29) is 11.7 Å². The van der Waals surface area contributed by atoms with Crippen molar-refractivity contribution in [2.24, 2.45) is 0 Å². The van der Waals surface area contributed by atoms with E-state index in [0.717, 1.165) is 5.56 Å². The Kier molecular flexibility index (Phi) is 6.27. The summed E-state index contributed by atoms with van der Waals surface area (Å²) in [6.07, 6.45) is 0. The molecule has 1 aromatic heterocycles. The number of hydrogen-bond acceptors (Lipinski definition) is 3. The third-order valence-corrected chi connectivity index (χ3v) is 6.64. The van der Waals surface area contributed by atoms with Gasteiger partial charge in [0.2, 0.25) is 0 Å². The normalized spacial score (nSPS) is 13.3. The van der Waals surface area contributed by atoms with Gasteiger partial charge in [-0.15, -0.1) is 4.72 Å². The molecule has 5 nitrogen and oxygen atoms in total. The topological polar surface area (TPSA) is 88.2 Å². The molecule has 0 saturated heterocycles. The van der Waals surface area contributed by atoms with E-state index in [9.17, 15) is 14.5 Å². The van der Waals surface area contributed by atoms with Crippen LogP contribution in [0.2, 0.25) is 10.0 Å². The molecule has 1 heterocycles. The smallest absolute Gasteiger partial charge is 0.352 e. The van der Waals surface area contributed by atoms with Gasteiger partial charge >= 0.3 is 5.97 Å².